The van der Waals surface area contributed by atoms with Gasteiger partial charge in [0.2, 0.25) is 11.9 Å². The van der Waals surface area contributed by atoms with Gasteiger partial charge in [-0.2, -0.15) is 4.39 Å². The Labute approximate surface area is 230 Å². The molecule has 1 aliphatic heterocycles. The fraction of sp³-hybridized carbons (Fsp3) is 0.310. The fourth-order valence-corrected chi connectivity index (χ4v) is 5.34. The number of aromatic nitrogens is 3. The van der Waals surface area contributed by atoms with Gasteiger partial charge in [0, 0.05) is 47.7 Å². The van der Waals surface area contributed by atoms with Gasteiger partial charge in [0.1, 0.15) is 5.69 Å². The van der Waals surface area contributed by atoms with E-state index < -0.39 is 11.4 Å². The van der Waals surface area contributed by atoms with Crippen LogP contribution in [-0.4, -0.2) is 32.9 Å². The fourth-order valence-electron chi connectivity index (χ4n) is 4.59. The molecule has 2 N–H and O–H groups in total. The Bertz CT molecular complexity index is 1470. The minimum atomic E-state index is -0.551. The molecule has 3 aromatic heterocycles. The largest absolute Gasteiger partial charge is 0.363 e. The van der Waals surface area contributed by atoms with Crippen LogP contribution in [0.2, 0.25) is 0 Å². The minimum absolute atomic E-state index is 0.0233. The zero-order valence-corrected chi connectivity index (χ0v) is 23.0. The highest BCUT2D eigenvalue weighted by molar-refractivity contribution is 7.14. The number of nitrogens with zero attached hydrogens (tertiary/aromatic N) is 4. The highest BCUT2D eigenvalue weighted by Gasteiger charge is 2.29. The maximum absolute atomic E-state index is 13.5. The molecule has 0 spiro atoms. The van der Waals surface area contributed by atoms with Gasteiger partial charge < -0.3 is 14.8 Å². The number of halogens is 1. The summed E-state index contributed by atoms with van der Waals surface area (Å²) in [6.07, 6.45) is 5.20. The van der Waals surface area contributed by atoms with Crippen LogP contribution in [0.3, 0.4) is 0 Å². The van der Waals surface area contributed by atoms with Crippen LogP contribution in [0.5, 0.6) is 0 Å². The van der Waals surface area contributed by atoms with Crippen molar-refractivity contribution in [3.8, 4) is 0 Å². The van der Waals surface area contributed by atoms with Crippen molar-refractivity contribution in [2.75, 3.05) is 22.1 Å². The van der Waals surface area contributed by atoms with Gasteiger partial charge in [-0.15, -0.1) is 11.3 Å². The number of benzene rings is 1. The van der Waals surface area contributed by atoms with Crippen LogP contribution >= 0.6 is 11.3 Å². The molecule has 1 aromatic carbocycles. The van der Waals surface area contributed by atoms with E-state index in [4.69, 9.17) is 4.98 Å². The number of pyridine rings is 1. The van der Waals surface area contributed by atoms with Gasteiger partial charge in [0.05, 0.1) is 11.7 Å². The molecule has 1 saturated heterocycles. The lowest BCUT2D eigenvalue weighted by molar-refractivity contribution is -0.123. The van der Waals surface area contributed by atoms with Gasteiger partial charge in [-0.3, -0.25) is 14.9 Å². The van der Waals surface area contributed by atoms with Gasteiger partial charge in [-0.25, -0.2) is 9.97 Å². The molecular weight excluding hydrogens is 515 g/mol. The first-order valence-electron chi connectivity index (χ1n) is 12.9. The Morgan fingerprint density at radius 1 is 1.13 bits per heavy atom. The first kappa shape index (κ1) is 26.6. The Morgan fingerprint density at radius 3 is 2.67 bits per heavy atom. The zero-order valence-electron chi connectivity index (χ0n) is 22.1. The minimum Gasteiger partial charge on any atom is -0.363 e. The molecule has 0 bridgehead atoms. The van der Waals surface area contributed by atoms with Crippen molar-refractivity contribution in [2.24, 2.45) is 5.41 Å². The van der Waals surface area contributed by atoms with Crippen molar-refractivity contribution in [2.45, 2.75) is 46.2 Å². The predicted molar refractivity (Wildman–Crippen MR) is 152 cm³/mol. The first-order chi connectivity index (χ1) is 18.7. The third kappa shape index (κ3) is 6.17. The molecule has 1 atom stereocenters. The van der Waals surface area contributed by atoms with Gasteiger partial charge >= 0.3 is 0 Å². The van der Waals surface area contributed by atoms with Crippen molar-refractivity contribution in [1.82, 2.24) is 14.5 Å². The smallest absolute Gasteiger partial charge is 0.274 e. The normalized spacial score (nSPS) is 15.4. The summed E-state index contributed by atoms with van der Waals surface area (Å²) in [5.41, 5.74) is 3.47. The maximum atomic E-state index is 13.5. The second-order valence-electron chi connectivity index (χ2n) is 10.6. The lowest BCUT2D eigenvalue weighted by Crippen LogP contribution is -2.27. The van der Waals surface area contributed by atoms with Crippen molar-refractivity contribution in [3.63, 3.8) is 0 Å². The van der Waals surface area contributed by atoms with Crippen molar-refractivity contribution in [1.29, 1.82) is 0 Å². The number of anilines is 3. The molecule has 4 heterocycles. The van der Waals surface area contributed by atoms with Crippen LogP contribution in [0, 0.1) is 11.4 Å². The summed E-state index contributed by atoms with van der Waals surface area (Å²) in [6, 6.07) is 14.6. The second kappa shape index (κ2) is 11.0. The molecule has 0 saturated carbocycles. The molecule has 0 unspecified atom stereocenters. The van der Waals surface area contributed by atoms with E-state index in [1.165, 1.54) is 23.6 Å². The molecule has 0 aliphatic carbocycles. The SMILES string of the molecule is CC(C)(C)C(=O)Nc1ccc(N2CCC[C@@H]2c2csc(NC(=O)c3cccn3Cc3ccnc(F)c3)n2)cc1. The number of hydrogen-bond acceptors (Lipinski definition) is 6. The number of carbonyl (C=O) groups excluding carboxylic acids is 2. The van der Waals surface area contributed by atoms with Crippen molar-refractivity contribution in [3.05, 3.63) is 89.2 Å². The lowest BCUT2D eigenvalue weighted by atomic mass is 9.95. The van der Waals surface area contributed by atoms with Gasteiger partial charge in [0.25, 0.3) is 5.91 Å². The molecule has 10 heteroatoms. The average molecular weight is 547 g/mol. The molecule has 202 valence electrons. The van der Waals surface area contributed by atoms with E-state index in [1.807, 2.05) is 50.4 Å². The molecule has 5 rings (SSSR count). The van der Waals surface area contributed by atoms with Gasteiger partial charge in [0.15, 0.2) is 5.13 Å². The number of rotatable bonds is 7. The number of carbonyl (C=O) groups is 2. The number of amides is 2. The van der Waals surface area contributed by atoms with Crippen LogP contribution in [0.15, 0.2) is 66.3 Å². The Hall–Kier alpha value is -4.05. The van der Waals surface area contributed by atoms with Crippen LogP contribution < -0.4 is 15.5 Å². The van der Waals surface area contributed by atoms with Crippen LogP contribution in [0.1, 0.15) is 61.4 Å². The monoisotopic (exact) mass is 546 g/mol. The van der Waals surface area contributed by atoms with Crippen LogP contribution in [0.25, 0.3) is 0 Å². The number of thiazole rings is 1. The summed E-state index contributed by atoms with van der Waals surface area (Å²) >= 11 is 1.40. The van der Waals surface area contributed by atoms with E-state index in [0.717, 1.165) is 42.0 Å². The first-order valence-corrected chi connectivity index (χ1v) is 13.8. The van der Waals surface area contributed by atoms with E-state index in [-0.39, 0.29) is 17.9 Å². The zero-order chi connectivity index (χ0) is 27.6. The van der Waals surface area contributed by atoms with Crippen LogP contribution in [0.4, 0.5) is 20.9 Å². The van der Waals surface area contributed by atoms with Crippen molar-refractivity contribution < 1.29 is 14.0 Å². The quantitative estimate of drug-likeness (QED) is 0.273. The van der Waals surface area contributed by atoms with Gasteiger partial charge in [-0.05, 0) is 66.9 Å². The average Bonchev–Trinajstić information content (AvgIpc) is 3.65. The molecule has 8 nitrogen and oxygen atoms in total. The number of nitrogens with one attached hydrogen (secondary N) is 2. The molecule has 0 radical (unpaired) electrons. The van der Waals surface area contributed by atoms with Crippen molar-refractivity contribution >= 4 is 39.7 Å². The Balaban J connectivity index is 1.25. The van der Waals surface area contributed by atoms with E-state index in [2.05, 4.69) is 20.5 Å². The standard InChI is InChI=1S/C29H31FN6O2S/c1-29(2,3)27(38)32-20-8-10-21(11-9-20)36-15-5-6-23(36)22-18-39-28(33-22)34-26(37)24-7-4-14-35(24)17-19-12-13-31-25(30)16-19/h4,7-14,16,18,23H,5-6,15,17H2,1-3H3,(H,32,38)(H,33,34,37)/t23-/m1/s1. The lowest BCUT2D eigenvalue weighted by Gasteiger charge is -2.26. The molecule has 39 heavy (non-hydrogen) atoms. The van der Waals surface area contributed by atoms with Gasteiger partial charge in [-0.1, -0.05) is 20.8 Å². The highest BCUT2D eigenvalue weighted by Crippen LogP contribution is 2.37. The molecule has 1 aliphatic rings. The second-order valence-corrected chi connectivity index (χ2v) is 11.5. The molecule has 1 fully saturated rings. The van der Waals surface area contributed by atoms with E-state index in [9.17, 15) is 14.0 Å². The third-order valence-corrected chi connectivity index (χ3v) is 7.46. The summed E-state index contributed by atoms with van der Waals surface area (Å²) in [7, 11) is 0. The van der Waals surface area contributed by atoms with E-state index in [1.54, 1.807) is 29.0 Å². The molecular formula is C29H31FN6O2S. The Kier molecular flexibility index (Phi) is 7.47. The molecule has 2 amide bonds. The summed E-state index contributed by atoms with van der Waals surface area (Å²) in [4.78, 5) is 36.0. The maximum Gasteiger partial charge on any atom is 0.274 e. The molecule has 4 aromatic rings. The Morgan fingerprint density at radius 2 is 1.92 bits per heavy atom. The third-order valence-electron chi connectivity index (χ3n) is 6.68. The van der Waals surface area contributed by atoms with Crippen LogP contribution in [-0.2, 0) is 11.3 Å². The topological polar surface area (TPSA) is 92.2 Å². The highest BCUT2D eigenvalue weighted by atomic mass is 32.1. The summed E-state index contributed by atoms with van der Waals surface area (Å²) < 4.78 is 15.3. The number of hydrogen-bond donors (Lipinski definition) is 2. The summed E-state index contributed by atoms with van der Waals surface area (Å²) in [5.74, 6) is -0.846. The summed E-state index contributed by atoms with van der Waals surface area (Å²) in [6.45, 7) is 6.92. The van der Waals surface area contributed by atoms with E-state index >= 15 is 0 Å². The predicted octanol–water partition coefficient (Wildman–Crippen LogP) is 6.11. The van der Waals surface area contributed by atoms with E-state index in [0.29, 0.717) is 17.4 Å². The summed E-state index contributed by atoms with van der Waals surface area (Å²) in [5, 5.41) is 8.41.